The fraction of sp³-hybridized carbons (Fsp3) is 0.400. The van der Waals surface area contributed by atoms with E-state index in [2.05, 4.69) is 27.7 Å². The van der Waals surface area contributed by atoms with Crippen LogP contribution in [0.2, 0.25) is 0 Å². The van der Waals surface area contributed by atoms with Crippen LogP contribution in [0.5, 0.6) is 11.5 Å². The monoisotopic (exact) mass is 339 g/mol. The quantitative estimate of drug-likeness (QED) is 0.792. The third kappa shape index (κ3) is 3.67. The second kappa shape index (κ2) is 6.39. The Hall–Kier alpha value is -1.98. The number of ether oxygens (including phenoxy) is 1. The Labute approximate surface area is 150 Å². The van der Waals surface area contributed by atoms with Gasteiger partial charge >= 0.3 is 7.12 Å². The van der Waals surface area contributed by atoms with Crippen molar-refractivity contribution in [2.45, 2.75) is 38.9 Å². The summed E-state index contributed by atoms with van der Waals surface area (Å²) in [6.07, 6.45) is 0. The largest absolute Gasteiger partial charge is 0.494 e. The Morgan fingerprint density at radius 2 is 1.44 bits per heavy atom. The minimum atomic E-state index is -0.351. The summed E-state index contributed by atoms with van der Waals surface area (Å²) in [4.78, 5) is 2.05. The van der Waals surface area contributed by atoms with E-state index in [-0.39, 0.29) is 18.3 Å². The molecule has 0 radical (unpaired) electrons. The lowest BCUT2D eigenvalue weighted by molar-refractivity contribution is 0.00578. The van der Waals surface area contributed by atoms with Gasteiger partial charge in [-0.05, 0) is 57.4 Å². The number of benzene rings is 2. The van der Waals surface area contributed by atoms with E-state index in [1.54, 1.807) is 0 Å². The van der Waals surface area contributed by atoms with Crippen LogP contribution in [0.15, 0.2) is 48.5 Å². The molecule has 0 spiro atoms. The highest BCUT2D eigenvalue weighted by Crippen LogP contribution is 2.36. The SMILES string of the molecule is CN(C)c1cccc(Oc2ccc(B3OC(C)(C)C(C)(C)O3)cc2)c1. The van der Waals surface area contributed by atoms with Crippen molar-refractivity contribution in [2.24, 2.45) is 0 Å². The fourth-order valence-corrected chi connectivity index (χ4v) is 2.63. The van der Waals surface area contributed by atoms with Gasteiger partial charge in [0.15, 0.2) is 0 Å². The van der Waals surface area contributed by atoms with Crippen LogP contribution in [-0.4, -0.2) is 32.4 Å². The molecule has 25 heavy (non-hydrogen) atoms. The van der Waals surface area contributed by atoms with Gasteiger partial charge in [-0.3, -0.25) is 0 Å². The zero-order chi connectivity index (χ0) is 18.2. The Balaban J connectivity index is 1.72. The molecule has 0 saturated carbocycles. The first-order valence-electron chi connectivity index (χ1n) is 8.59. The summed E-state index contributed by atoms with van der Waals surface area (Å²) < 4.78 is 18.1. The predicted molar refractivity (Wildman–Crippen MR) is 103 cm³/mol. The number of anilines is 1. The van der Waals surface area contributed by atoms with E-state index in [9.17, 15) is 0 Å². The van der Waals surface area contributed by atoms with E-state index in [1.807, 2.05) is 67.5 Å². The number of rotatable bonds is 4. The average molecular weight is 339 g/mol. The van der Waals surface area contributed by atoms with Crippen LogP contribution >= 0.6 is 0 Å². The van der Waals surface area contributed by atoms with Crippen LogP contribution in [-0.2, 0) is 9.31 Å². The molecular weight excluding hydrogens is 313 g/mol. The zero-order valence-corrected chi connectivity index (χ0v) is 15.9. The molecule has 0 aliphatic carbocycles. The maximum absolute atomic E-state index is 6.08. The van der Waals surface area contributed by atoms with Crippen molar-refractivity contribution >= 4 is 18.3 Å². The van der Waals surface area contributed by atoms with Gasteiger partial charge in [-0.2, -0.15) is 0 Å². The Morgan fingerprint density at radius 3 is 2.00 bits per heavy atom. The van der Waals surface area contributed by atoms with E-state index < -0.39 is 0 Å². The van der Waals surface area contributed by atoms with Gasteiger partial charge < -0.3 is 18.9 Å². The molecule has 0 N–H and O–H groups in total. The van der Waals surface area contributed by atoms with Gasteiger partial charge in [0.05, 0.1) is 11.2 Å². The average Bonchev–Trinajstić information content (AvgIpc) is 2.76. The molecule has 1 saturated heterocycles. The molecule has 0 unspecified atom stereocenters. The van der Waals surface area contributed by atoms with Crippen LogP contribution in [0.4, 0.5) is 5.69 Å². The number of nitrogens with zero attached hydrogens (tertiary/aromatic N) is 1. The highest BCUT2D eigenvalue weighted by Gasteiger charge is 2.51. The van der Waals surface area contributed by atoms with Gasteiger partial charge in [0.1, 0.15) is 11.5 Å². The second-order valence-corrected chi connectivity index (χ2v) is 7.65. The molecule has 1 fully saturated rings. The van der Waals surface area contributed by atoms with E-state index in [0.717, 1.165) is 22.6 Å². The molecule has 132 valence electrons. The first-order valence-corrected chi connectivity index (χ1v) is 8.59. The maximum Gasteiger partial charge on any atom is 0.494 e. The first kappa shape index (κ1) is 17.8. The van der Waals surface area contributed by atoms with Gasteiger partial charge in [0.25, 0.3) is 0 Å². The van der Waals surface area contributed by atoms with Crippen molar-refractivity contribution in [3.05, 3.63) is 48.5 Å². The van der Waals surface area contributed by atoms with Crippen LogP contribution < -0.4 is 15.1 Å². The summed E-state index contributed by atoms with van der Waals surface area (Å²) in [6, 6.07) is 15.9. The fourth-order valence-electron chi connectivity index (χ4n) is 2.63. The van der Waals surface area contributed by atoms with E-state index in [0.29, 0.717) is 0 Å². The Bertz CT molecular complexity index is 725. The molecule has 1 heterocycles. The molecule has 0 atom stereocenters. The Kier molecular flexibility index (Phi) is 4.56. The summed E-state index contributed by atoms with van der Waals surface area (Å²) in [5.41, 5.74) is 1.43. The Morgan fingerprint density at radius 1 is 0.840 bits per heavy atom. The van der Waals surface area contributed by atoms with Crippen molar-refractivity contribution in [2.75, 3.05) is 19.0 Å². The summed E-state index contributed by atoms with van der Waals surface area (Å²) in [6.45, 7) is 8.23. The minimum Gasteiger partial charge on any atom is -0.457 e. The lowest BCUT2D eigenvalue weighted by Crippen LogP contribution is -2.41. The third-order valence-electron chi connectivity index (χ3n) is 4.98. The number of hydrogen-bond donors (Lipinski definition) is 0. The second-order valence-electron chi connectivity index (χ2n) is 7.65. The van der Waals surface area contributed by atoms with Crippen molar-refractivity contribution in [1.82, 2.24) is 0 Å². The van der Waals surface area contributed by atoms with Crippen LogP contribution in [0, 0.1) is 0 Å². The van der Waals surface area contributed by atoms with Crippen LogP contribution in [0.3, 0.4) is 0 Å². The molecule has 2 aromatic carbocycles. The summed E-state index contributed by atoms with van der Waals surface area (Å²) in [5, 5.41) is 0. The van der Waals surface area contributed by atoms with Crippen LogP contribution in [0.1, 0.15) is 27.7 Å². The topological polar surface area (TPSA) is 30.9 Å². The molecule has 0 amide bonds. The molecule has 5 heteroatoms. The zero-order valence-electron chi connectivity index (χ0n) is 15.9. The first-order chi connectivity index (χ1) is 11.7. The van der Waals surface area contributed by atoms with Gasteiger partial charge in [0.2, 0.25) is 0 Å². The van der Waals surface area contributed by atoms with E-state index in [4.69, 9.17) is 14.0 Å². The third-order valence-corrected chi connectivity index (χ3v) is 4.98. The molecule has 4 nitrogen and oxygen atoms in total. The lowest BCUT2D eigenvalue weighted by Gasteiger charge is -2.32. The van der Waals surface area contributed by atoms with Crippen molar-refractivity contribution in [3.63, 3.8) is 0 Å². The molecule has 0 aromatic heterocycles. The summed E-state index contributed by atoms with van der Waals surface area (Å²) in [5.74, 6) is 1.60. The van der Waals surface area contributed by atoms with Crippen LogP contribution in [0.25, 0.3) is 0 Å². The van der Waals surface area contributed by atoms with Crippen molar-refractivity contribution in [3.8, 4) is 11.5 Å². The van der Waals surface area contributed by atoms with E-state index >= 15 is 0 Å². The van der Waals surface area contributed by atoms with E-state index in [1.165, 1.54) is 0 Å². The van der Waals surface area contributed by atoms with Gasteiger partial charge in [-0.25, -0.2) is 0 Å². The molecular formula is C20H26BNO3. The number of hydrogen-bond acceptors (Lipinski definition) is 4. The normalized spacial score (nSPS) is 18.2. The molecule has 0 bridgehead atoms. The summed E-state index contributed by atoms with van der Waals surface area (Å²) in [7, 11) is 3.67. The highest BCUT2D eigenvalue weighted by atomic mass is 16.7. The molecule has 2 aromatic rings. The molecule has 3 rings (SSSR count). The maximum atomic E-state index is 6.08. The molecule has 1 aliphatic heterocycles. The predicted octanol–water partition coefficient (Wildman–Crippen LogP) is 3.84. The van der Waals surface area contributed by atoms with Crippen molar-refractivity contribution in [1.29, 1.82) is 0 Å². The summed E-state index contributed by atoms with van der Waals surface area (Å²) >= 11 is 0. The van der Waals surface area contributed by atoms with Gasteiger partial charge in [-0.1, -0.05) is 18.2 Å². The minimum absolute atomic E-state index is 0.334. The standard InChI is InChI=1S/C20H26BNO3/c1-19(2)20(3,4)25-21(24-19)15-10-12-17(13-11-15)23-18-9-7-8-16(14-18)22(5)6/h7-14H,1-6H3. The highest BCUT2D eigenvalue weighted by molar-refractivity contribution is 6.62. The van der Waals surface area contributed by atoms with Gasteiger partial charge in [0, 0.05) is 25.8 Å². The smallest absolute Gasteiger partial charge is 0.457 e. The molecule has 1 aliphatic rings. The van der Waals surface area contributed by atoms with Gasteiger partial charge in [-0.15, -0.1) is 0 Å². The van der Waals surface area contributed by atoms with Crippen molar-refractivity contribution < 1.29 is 14.0 Å². The lowest BCUT2D eigenvalue weighted by atomic mass is 9.79.